The van der Waals surface area contributed by atoms with Gasteiger partial charge in [0.1, 0.15) is 11.6 Å². The molecule has 146 valence electrons. The molecule has 0 fully saturated rings. The number of fused-ring (bicyclic) bond motifs is 1. The Labute approximate surface area is 162 Å². The number of amides is 1. The highest BCUT2D eigenvalue weighted by Gasteiger charge is 2.28. The molecule has 2 atom stereocenters. The van der Waals surface area contributed by atoms with Crippen LogP contribution < -0.4 is 10.1 Å². The van der Waals surface area contributed by atoms with Gasteiger partial charge in [-0.25, -0.2) is 4.98 Å². The molecule has 0 unspecified atom stereocenters. The minimum Gasteiger partial charge on any atom is -0.496 e. The summed E-state index contributed by atoms with van der Waals surface area (Å²) in [4.78, 5) is 17.3. The lowest BCUT2D eigenvalue weighted by Crippen LogP contribution is -2.29. The first-order valence-corrected chi connectivity index (χ1v) is 9.93. The number of hydrogen-bond donors (Lipinski definition) is 1. The van der Waals surface area contributed by atoms with Crippen LogP contribution in [0.2, 0.25) is 0 Å². The smallest absolute Gasteiger partial charge is 0.221 e. The van der Waals surface area contributed by atoms with Crippen LogP contribution in [0.4, 0.5) is 0 Å². The van der Waals surface area contributed by atoms with Crippen molar-refractivity contribution in [2.24, 2.45) is 11.8 Å². The first kappa shape index (κ1) is 19.5. The van der Waals surface area contributed by atoms with Gasteiger partial charge in [-0.15, -0.1) is 0 Å². The van der Waals surface area contributed by atoms with Gasteiger partial charge in [-0.2, -0.15) is 0 Å². The molecule has 0 spiro atoms. The van der Waals surface area contributed by atoms with Crippen molar-refractivity contribution in [3.63, 3.8) is 0 Å². The fraction of sp³-hybridized carbons (Fsp3) is 0.545. The third-order valence-corrected chi connectivity index (χ3v) is 5.31. The molecule has 3 rings (SSSR count). The highest BCUT2D eigenvalue weighted by Crippen LogP contribution is 2.36. The number of imidazole rings is 1. The first-order valence-electron chi connectivity index (χ1n) is 9.93. The lowest BCUT2D eigenvalue weighted by atomic mass is 9.90. The fourth-order valence-electron chi connectivity index (χ4n) is 3.80. The van der Waals surface area contributed by atoms with E-state index in [0.29, 0.717) is 24.8 Å². The molecule has 0 saturated heterocycles. The van der Waals surface area contributed by atoms with Crippen LogP contribution in [-0.2, 0) is 17.8 Å². The molecule has 1 aliphatic rings. The Hall–Kier alpha value is -2.30. The minimum absolute atomic E-state index is 0.0667. The lowest BCUT2D eigenvalue weighted by Gasteiger charge is -2.26. The fourth-order valence-corrected chi connectivity index (χ4v) is 3.80. The van der Waals surface area contributed by atoms with Gasteiger partial charge < -0.3 is 14.6 Å². The summed E-state index contributed by atoms with van der Waals surface area (Å²) >= 11 is 0. The molecule has 0 bridgehead atoms. The SMILES string of the molecule is COc1ccccc1[C@H](CC(=O)NCC(C)C)c1cnc2n1CC[C@@H](C)C2. The van der Waals surface area contributed by atoms with Crippen molar-refractivity contribution in [2.75, 3.05) is 13.7 Å². The Bertz CT molecular complexity index is 782. The predicted molar refractivity (Wildman–Crippen MR) is 107 cm³/mol. The van der Waals surface area contributed by atoms with Crippen molar-refractivity contribution in [3.05, 3.63) is 47.5 Å². The van der Waals surface area contributed by atoms with E-state index < -0.39 is 0 Å². The Balaban J connectivity index is 1.94. The first-order chi connectivity index (χ1) is 13.0. The maximum Gasteiger partial charge on any atom is 0.221 e. The zero-order valence-electron chi connectivity index (χ0n) is 16.9. The van der Waals surface area contributed by atoms with Gasteiger partial charge in [0.15, 0.2) is 0 Å². The summed E-state index contributed by atoms with van der Waals surface area (Å²) in [5.74, 6) is 3.04. The third-order valence-electron chi connectivity index (χ3n) is 5.31. The number of benzene rings is 1. The Kier molecular flexibility index (Phi) is 6.19. The molecule has 2 heterocycles. The summed E-state index contributed by atoms with van der Waals surface area (Å²) < 4.78 is 7.92. The van der Waals surface area contributed by atoms with Crippen LogP contribution in [0.5, 0.6) is 5.75 Å². The van der Waals surface area contributed by atoms with Crippen molar-refractivity contribution < 1.29 is 9.53 Å². The van der Waals surface area contributed by atoms with Crippen LogP contribution in [-0.4, -0.2) is 29.1 Å². The topological polar surface area (TPSA) is 56.1 Å². The Morgan fingerprint density at radius 2 is 2.15 bits per heavy atom. The number of carbonyl (C=O) groups is 1. The minimum atomic E-state index is -0.0667. The number of para-hydroxylation sites is 1. The second kappa shape index (κ2) is 8.59. The number of nitrogens with zero attached hydrogens (tertiary/aromatic N) is 2. The summed E-state index contributed by atoms with van der Waals surface area (Å²) in [5, 5.41) is 3.06. The van der Waals surface area contributed by atoms with E-state index in [2.05, 4.69) is 41.7 Å². The van der Waals surface area contributed by atoms with Gasteiger partial charge in [0.05, 0.1) is 7.11 Å². The second-order valence-electron chi connectivity index (χ2n) is 8.05. The summed E-state index contributed by atoms with van der Waals surface area (Å²) in [6, 6.07) is 7.99. The molecule has 1 amide bonds. The van der Waals surface area contributed by atoms with Gasteiger partial charge in [0.25, 0.3) is 0 Å². The second-order valence-corrected chi connectivity index (χ2v) is 8.05. The Morgan fingerprint density at radius 3 is 2.89 bits per heavy atom. The summed E-state index contributed by atoms with van der Waals surface area (Å²) in [7, 11) is 1.68. The molecule has 1 aromatic heterocycles. The number of nitrogens with one attached hydrogen (secondary N) is 1. The van der Waals surface area contributed by atoms with Crippen LogP contribution in [0.3, 0.4) is 0 Å². The largest absolute Gasteiger partial charge is 0.496 e. The Morgan fingerprint density at radius 1 is 1.37 bits per heavy atom. The number of aromatic nitrogens is 2. The van der Waals surface area contributed by atoms with Gasteiger partial charge in [0, 0.05) is 49.3 Å². The van der Waals surface area contributed by atoms with E-state index >= 15 is 0 Å². The predicted octanol–water partition coefficient (Wildman–Crippen LogP) is 3.77. The average Bonchev–Trinajstić information content (AvgIpc) is 3.07. The van der Waals surface area contributed by atoms with Gasteiger partial charge in [0.2, 0.25) is 5.91 Å². The zero-order valence-corrected chi connectivity index (χ0v) is 16.9. The molecule has 1 aliphatic heterocycles. The van der Waals surface area contributed by atoms with E-state index in [1.807, 2.05) is 24.4 Å². The van der Waals surface area contributed by atoms with Gasteiger partial charge in [-0.3, -0.25) is 4.79 Å². The number of ether oxygens (including phenoxy) is 1. The summed E-state index contributed by atoms with van der Waals surface area (Å²) in [6.07, 6.45) is 4.50. The lowest BCUT2D eigenvalue weighted by molar-refractivity contribution is -0.121. The van der Waals surface area contributed by atoms with E-state index in [1.165, 1.54) is 0 Å². The van der Waals surface area contributed by atoms with Gasteiger partial charge in [-0.05, 0) is 24.3 Å². The molecule has 0 saturated carbocycles. The summed E-state index contributed by atoms with van der Waals surface area (Å²) in [5.41, 5.74) is 2.15. The van der Waals surface area contributed by atoms with Gasteiger partial charge in [-0.1, -0.05) is 39.0 Å². The molecule has 2 aromatic rings. The number of rotatable bonds is 7. The van der Waals surface area contributed by atoms with Crippen LogP contribution in [0.15, 0.2) is 30.5 Å². The van der Waals surface area contributed by atoms with Crippen LogP contribution >= 0.6 is 0 Å². The number of methoxy groups -OCH3 is 1. The normalized spacial score (nSPS) is 17.4. The summed E-state index contributed by atoms with van der Waals surface area (Å²) in [6.45, 7) is 8.14. The van der Waals surface area contributed by atoms with E-state index in [4.69, 9.17) is 4.74 Å². The quantitative estimate of drug-likeness (QED) is 0.808. The maximum absolute atomic E-state index is 12.7. The molecular formula is C22H31N3O2. The highest BCUT2D eigenvalue weighted by molar-refractivity contribution is 5.77. The van der Waals surface area contributed by atoms with Crippen molar-refractivity contribution >= 4 is 5.91 Å². The van der Waals surface area contributed by atoms with E-state index in [0.717, 1.165) is 42.2 Å². The maximum atomic E-state index is 12.7. The molecule has 1 N–H and O–H groups in total. The van der Waals surface area contributed by atoms with Crippen molar-refractivity contribution in [1.29, 1.82) is 0 Å². The van der Waals surface area contributed by atoms with Crippen molar-refractivity contribution in [2.45, 2.75) is 52.5 Å². The van der Waals surface area contributed by atoms with Crippen LogP contribution in [0, 0.1) is 11.8 Å². The average molecular weight is 370 g/mol. The van der Waals surface area contributed by atoms with Gasteiger partial charge >= 0.3 is 0 Å². The molecule has 0 radical (unpaired) electrons. The number of hydrogen-bond acceptors (Lipinski definition) is 3. The molecular weight excluding hydrogens is 338 g/mol. The van der Waals surface area contributed by atoms with Crippen molar-refractivity contribution in [1.82, 2.24) is 14.9 Å². The molecule has 27 heavy (non-hydrogen) atoms. The van der Waals surface area contributed by atoms with E-state index in [-0.39, 0.29) is 11.8 Å². The highest BCUT2D eigenvalue weighted by atomic mass is 16.5. The molecule has 1 aromatic carbocycles. The van der Waals surface area contributed by atoms with Crippen LogP contribution in [0.1, 0.15) is 56.6 Å². The zero-order chi connectivity index (χ0) is 19.4. The van der Waals surface area contributed by atoms with E-state index in [9.17, 15) is 4.79 Å². The molecule has 0 aliphatic carbocycles. The number of carbonyl (C=O) groups excluding carboxylic acids is 1. The van der Waals surface area contributed by atoms with Crippen molar-refractivity contribution in [3.8, 4) is 5.75 Å². The van der Waals surface area contributed by atoms with Crippen LogP contribution in [0.25, 0.3) is 0 Å². The van der Waals surface area contributed by atoms with E-state index in [1.54, 1.807) is 7.11 Å². The molecule has 5 heteroatoms. The third kappa shape index (κ3) is 4.52. The monoisotopic (exact) mass is 369 g/mol. The standard InChI is InChI=1S/C22H31N3O2/c1-15(2)13-24-22(26)12-18(17-7-5-6-8-20(17)27-4)19-14-23-21-11-16(3)9-10-25(19)21/h5-8,14-16,18H,9-13H2,1-4H3,(H,24,26)/t16-,18+/m1/s1. The molecule has 5 nitrogen and oxygen atoms in total.